The topological polar surface area (TPSA) is 40.5 Å². The molecule has 0 aromatic carbocycles. The van der Waals surface area contributed by atoms with Crippen molar-refractivity contribution in [2.75, 3.05) is 6.54 Å². The summed E-state index contributed by atoms with van der Waals surface area (Å²) in [4.78, 5) is 13.1. The summed E-state index contributed by atoms with van der Waals surface area (Å²) in [6.07, 6.45) is 1.08. The minimum absolute atomic E-state index is 0.108. The molecule has 1 amide bonds. The standard InChI is InChI=1S/C10H15NO2/c1-3-4-10(13)11-6-5-9(12)7-8(11)2/h8-9,12H,5-7H2,1-2H3. The fraction of sp³-hybridized carbons (Fsp3) is 0.700. The Bertz CT molecular complexity index is 251. The van der Waals surface area contributed by atoms with E-state index in [0.717, 1.165) is 0 Å². The normalized spacial score (nSPS) is 27.8. The van der Waals surface area contributed by atoms with E-state index in [1.807, 2.05) is 6.92 Å². The summed E-state index contributed by atoms with van der Waals surface area (Å²) >= 11 is 0. The minimum Gasteiger partial charge on any atom is -0.393 e. The Kier molecular flexibility index (Phi) is 3.32. The van der Waals surface area contributed by atoms with E-state index < -0.39 is 0 Å². The van der Waals surface area contributed by atoms with Crippen molar-refractivity contribution in [3.63, 3.8) is 0 Å². The number of carbonyl (C=O) groups is 1. The molecule has 0 aliphatic carbocycles. The van der Waals surface area contributed by atoms with E-state index in [4.69, 9.17) is 0 Å². The van der Waals surface area contributed by atoms with Gasteiger partial charge in [-0.15, -0.1) is 0 Å². The molecule has 1 rings (SSSR count). The van der Waals surface area contributed by atoms with Crippen LogP contribution >= 0.6 is 0 Å². The number of likely N-dealkylation sites (tertiary alicyclic amines) is 1. The van der Waals surface area contributed by atoms with Gasteiger partial charge in [0.1, 0.15) is 0 Å². The van der Waals surface area contributed by atoms with Crippen molar-refractivity contribution < 1.29 is 9.90 Å². The molecule has 1 heterocycles. The van der Waals surface area contributed by atoms with E-state index in [1.54, 1.807) is 11.8 Å². The number of hydrogen-bond acceptors (Lipinski definition) is 2. The fourth-order valence-electron chi connectivity index (χ4n) is 1.63. The van der Waals surface area contributed by atoms with Crippen LogP contribution in [0, 0.1) is 11.8 Å². The average molecular weight is 181 g/mol. The summed E-state index contributed by atoms with van der Waals surface area (Å²) < 4.78 is 0. The van der Waals surface area contributed by atoms with Crippen LogP contribution in [0.1, 0.15) is 26.7 Å². The highest BCUT2D eigenvalue weighted by atomic mass is 16.3. The number of aliphatic hydroxyl groups is 1. The van der Waals surface area contributed by atoms with Crippen molar-refractivity contribution >= 4 is 5.91 Å². The van der Waals surface area contributed by atoms with Crippen LogP contribution in [-0.2, 0) is 4.79 Å². The highest BCUT2D eigenvalue weighted by molar-refractivity contribution is 5.93. The van der Waals surface area contributed by atoms with Gasteiger partial charge in [-0.05, 0) is 32.6 Å². The smallest absolute Gasteiger partial charge is 0.298 e. The maximum atomic E-state index is 11.4. The lowest BCUT2D eigenvalue weighted by atomic mass is 10.0. The van der Waals surface area contributed by atoms with E-state index >= 15 is 0 Å². The van der Waals surface area contributed by atoms with Gasteiger partial charge in [0, 0.05) is 12.6 Å². The quantitative estimate of drug-likeness (QED) is 0.549. The van der Waals surface area contributed by atoms with Crippen molar-refractivity contribution in [3.05, 3.63) is 0 Å². The lowest BCUT2D eigenvalue weighted by molar-refractivity contribution is -0.129. The van der Waals surface area contributed by atoms with Crippen molar-refractivity contribution in [3.8, 4) is 11.8 Å². The number of carbonyl (C=O) groups excluding carboxylic acids is 1. The second-order valence-corrected chi connectivity index (χ2v) is 3.40. The van der Waals surface area contributed by atoms with Crippen molar-refractivity contribution in [2.45, 2.75) is 38.8 Å². The maximum Gasteiger partial charge on any atom is 0.298 e. The molecule has 1 saturated heterocycles. The highest BCUT2D eigenvalue weighted by Gasteiger charge is 2.26. The molecule has 0 aromatic heterocycles. The molecule has 1 aliphatic rings. The SMILES string of the molecule is CC#CC(=O)N1CCC(O)CC1C. The first-order chi connectivity index (χ1) is 6.15. The predicted molar refractivity (Wildman–Crippen MR) is 49.9 cm³/mol. The van der Waals surface area contributed by atoms with Crippen molar-refractivity contribution in [2.24, 2.45) is 0 Å². The Hall–Kier alpha value is -1.01. The van der Waals surface area contributed by atoms with Gasteiger partial charge in [0.05, 0.1) is 6.10 Å². The van der Waals surface area contributed by atoms with Crippen LogP contribution < -0.4 is 0 Å². The summed E-state index contributed by atoms with van der Waals surface area (Å²) in [6.45, 7) is 4.22. The molecule has 3 nitrogen and oxygen atoms in total. The zero-order valence-corrected chi connectivity index (χ0v) is 8.08. The zero-order valence-electron chi connectivity index (χ0n) is 8.08. The Morgan fingerprint density at radius 1 is 1.62 bits per heavy atom. The summed E-state index contributed by atoms with van der Waals surface area (Å²) in [7, 11) is 0. The van der Waals surface area contributed by atoms with Crippen LogP contribution in [0.15, 0.2) is 0 Å². The third-order valence-electron chi connectivity index (χ3n) is 2.34. The van der Waals surface area contributed by atoms with Gasteiger partial charge in [-0.1, -0.05) is 5.92 Å². The lowest BCUT2D eigenvalue weighted by Crippen LogP contribution is -2.45. The lowest BCUT2D eigenvalue weighted by Gasteiger charge is -2.34. The van der Waals surface area contributed by atoms with Crippen LogP contribution in [0.3, 0.4) is 0 Å². The van der Waals surface area contributed by atoms with Gasteiger partial charge < -0.3 is 10.0 Å². The molecular formula is C10H15NO2. The van der Waals surface area contributed by atoms with E-state index in [1.165, 1.54) is 0 Å². The first kappa shape index (κ1) is 10.1. The highest BCUT2D eigenvalue weighted by Crippen LogP contribution is 2.16. The molecule has 2 unspecified atom stereocenters. The monoisotopic (exact) mass is 181 g/mol. The minimum atomic E-state index is -0.256. The molecule has 0 bridgehead atoms. The Morgan fingerprint density at radius 3 is 2.85 bits per heavy atom. The summed E-state index contributed by atoms with van der Waals surface area (Å²) in [5, 5.41) is 9.34. The van der Waals surface area contributed by atoms with Crippen LogP contribution in [0.4, 0.5) is 0 Å². The molecule has 1 aliphatic heterocycles. The molecule has 13 heavy (non-hydrogen) atoms. The van der Waals surface area contributed by atoms with Crippen LogP contribution in [-0.4, -0.2) is 34.6 Å². The fourth-order valence-corrected chi connectivity index (χ4v) is 1.63. The number of piperidine rings is 1. The maximum absolute atomic E-state index is 11.4. The zero-order chi connectivity index (χ0) is 9.84. The molecule has 2 atom stereocenters. The van der Waals surface area contributed by atoms with Crippen LogP contribution in [0.2, 0.25) is 0 Å². The Labute approximate surface area is 78.7 Å². The Balaban J connectivity index is 2.59. The number of amides is 1. The average Bonchev–Trinajstić information content (AvgIpc) is 2.04. The van der Waals surface area contributed by atoms with Gasteiger partial charge in [-0.25, -0.2) is 0 Å². The number of hydrogen-bond donors (Lipinski definition) is 1. The molecule has 0 saturated carbocycles. The molecule has 72 valence electrons. The summed E-state index contributed by atoms with van der Waals surface area (Å²) in [5.74, 6) is 4.99. The molecule has 0 aromatic rings. The first-order valence-corrected chi connectivity index (χ1v) is 4.56. The van der Waals surface area contributed by atoms with E-state index in [9.17, 15) is 9.90 Å². The largest absolute Gasteiger partial charge is 0.393 e. The third-order valence-corrected chi connectivity index (χ3v) is 2.34. The molecule has 3 heteroatoms. The van der Waals surface area contributed by atoms with Gasteiger partial charge >= 0.3 is 0 Å². The summed E-state index contributed by atoms with van der Waals surface area (Å²) in [6, 6.07) is 0.108. The number of aliphatic hydroxyl groups excluding tert-OH is 1. The molecule has 1 fully saturated rings. The Morgan fingerprint density at radius 2 is 2.31 bits per heavy atom. The second-order valence-electron chi connectivity index (χ2n) is 3.40. The van der Waals surface area contributed by atoms with Crippen LogP contribution in [0.25, 0.3) is 0 Å². The van der Waals surface area contributed by atoms with Gasteiger partial charge in [-0.3, -0.25) is 4.79 Å². The first-order valence-electron chi connectivity index (χ1n) is 4.56. The van der Waals surface area contributed by atoms with Crippen LogP contribution in [0.5, 0.6) is 0 Å². The second kappa shape index (κ2) is 4.29. The third kappa shape index (κ3) is 2.46. The van der Waals surface area contributed by atoms with Gasteiger partial charge in [0.2, 0.25) is 0 Å². The number of rotatable bonds is 0. The van der Waals surface area contributed by atoms with E-state index in [0.29, 0.717) is 19.4 Å². The number of nitrogens with zero attached hydrogens (tertiary/aromatic N) is 1. The van der Waals surface area contributed by atoms with Crippen molar-refractivity contribution in [1.82, 2.24) is 4.90 Å². The van der Waals surface area contributed by atoms with Gasteiger partial charge in [0.15, 0.2) is 0 Å². The molecule has 0 radical (unpaired) electrons. The predicted octanol–water partition coefficient (Wildman–Crippen LogP) is 0.382. The van der Waals surface area contributed by atoms with E-state index in [2.05, 4.69) is 11.8 Å². The van der Waals surface area contributed by atoms with Crippen molar-refractivity contribution in [1.29, 1.82) is 0 Å². The molecular weight excluding hydrogens is 166 g/mol. The molecule has 0 spiro atoms. The van der Waals surface area contributed by atoms with E-state index in [-0.39, 0.29) is 18.1 Å². The molecule has 1 N–H and O–H groups in total. The van der Waals surface area contributed by atoms with Gasteiger partial charge in [-0.2, -0.15) is 0 Å². The van der Waals surface area contributed by atoms with Gasteiger partial charge in [0.25, 0.3) is 5.91 Å². The summed E-state index contributed by atoms with van der Waals surface area (Å²) in [5.41, 5.74) is 0.